The number of rotatable bonds is 2. The Kier molecular flexibility index (Phi) is 4.65. The second kappa shape index (κ2) is 8.23. The van der Waals surface area contributed by atoms with Crippen molar-refractivity contribution >= 4 is 71.9 Å². The molecule has 8 aromatic rings. The zero-order chi connectivity index (χ0) is 27.3. The quantitative estimate of drug-likeness (QED) is 0.199. The Morgan fingerprint density at radius 1 is 0.610 bits per heavy atom. The van der Waals surface area contributed by atoms with Gasteiger partial charge in [-0.15, -0.1) is 11.3 Å². The minimum Gasteiger partial charge on any atom is -0.278 e. The molecule has 1 aliphatic heterocycles. The zero-order valence-corrected chi connectivity index (χ0v) is 24.5. The van der Waals surface area contributed by atoms with E-state index in [9.17, 15) is 0 Å². The van der Waals surface area contributed by atoms with Crippen molar-refractivity contribution in [3.8, 4) is 28.3 Å². The normalized spacial score (nSPS) is 13.8. The molecule has 41 heavy (non-hydrogen) atoms. The largest absolute Gasteiger partial charge is 0.278 e. The van der Waals surface area contributed by atoms with Gasteiger partial charge in [0.1, 0.15) is 8.07 Å². The lowest BCUT2D eigenvalue weighted by atomic mass is 10.0. The predicted molar refractivity (Wildman–Crippen MR) is 177 cm³/mol. The van der Waals surface area contributed by atoms with Crippen LogP contribution in [0.5, 0.6) is 0 Å². The van der Waals surface area contributed by atoms with Crippen molar-refractivity contribution in [1.82, 2.24) is 14.5 Å². The van der Waals surface area contributed by atoms with Crippen LogP contribution < -0.4 is 10.5 Å². The Bertz CT molecular complexity index is 2350. The smallest absolute Gasteiger partial charge is 0.235 e. The molecule has 5 heteroatoms. The summed E-state index contributed by atoms with van der Waals surface area (Å²) in [7, 11) is -2.06. The molecule has 0 unspecified atom stereocenters. The average molecular weight is 560 g/mol. The second-order valence-corrected chi connectivity index (χ2v) is 16.8. The molecule has 0 atom stereocenters. The molecule has 0 saturated carbocycles. The van der Waals surface area contributed by atoms with Crippen molar-refractivity contribution in [2.45, 2.75) is 13.1 Å². The Labute approximate surface area is 242 Å². The first-order valence-electron chi connectivity index (χ1n) is 14.0. The SMILES string of the molecule is C[Si]1(C)c2ccccc2-c2c(-c3ccccc3)nc(-n3c4ccccc4c4cc5sc6ccccc6c5cc43)nc21. The summed E-state index contributed by atoms with van der Waals surface area (Å²) in [6.07, 6.45) is 0. The standard InChI is InChI=1S/C36H25N3SSi/c1-41(2)32-19-11-8-16-25(32)33-34(22-12-4-3-5-13-22)37-36(38-35(33)41)39-28-17-9-6-14-23(28)26-21-31-27(20-29(26)39)24-15-7-10-18-30(24)40-31/h3-21H,1-2H3. The molecule has 0 fully saturated rings. The van der Waals surface area contributed by atoms with Crippen LogP contribution in [0.4, 0.5) is 0 Å². The lowest BCUT2D eigenvalue weighted by molar-refractivity contribution is 1.01. The fraction of sp³-hybridized carbons (Fsp3) is 0.0556. The number of benzene rings is 5. The number of thiophene rings is 1. The minimum atomic E-state index is -2.06. The van der Waals surface area contributed by atoms with Crippen LogP contribution in [-0.2, 0) is 0 Å². The number of fused-ring (bicyclic) bond motifs is 9. The topological polar surface area (TPSA) is 30.7 Å². The van der Waals surface area contributed by atoms with E-state index in [0.29, 0.717) is 0 Å². The average Bonchev–Trinajstić information content (AvgIpc) is 3.62. The van der Waals surface area contributed by atoms with Gasteiger partial charge in [-0.3, -0.25) is 4.57 Å². The van der Waals surface area contributed by atoms with Crippen LogP contribution >= 0.6 is 11.3 Å². The molecular formula is C36H25N3SSi. The van der Waals surface area contributed by atoms with Crippen molar-refractivity contribution < 1.29 is 0 Å². The fourth-order valence-electron chi connectivity index (χ4n) is 6.84. The molecular weight excluding hydrogens is 535 g/mol. The Morgan fingerprint density at radius 3 is 2.22 bits per heavy atom. The van der Waals surface area contributed by atoms with E-state index < -0.39 is 8.07 Å². The van der Waals surface area contributed by atoms with Gasteiger partial charge in [-0.1, -0.05) is 104 Å². The van der Waals surface area contributed by atoms with Crippen LogP contribution in [0.25, 0.3) is 70.3 Å². The lowest BCUT2D eigenvalue weighted by Crippen LogP contribution is -2.51. The molecule has 5 aromatic carbocycles. The van der Waals surface area contributed by atoms with Gasteiger partial charge >= 0.3 is 0 Å². The van der Waals surface area contributed by atoms with Crippen LogP contribution in [0.15, 0.2) is 115 Å². The third-order valence-corrected chi connectivity index (χ3v) is 13.2. The van der Waals surface area contributed by atoms with Gasteiger partial charge in [0, 0.05) is 47.4 Å². The molecule has 0 aliphatic carbocycles. The van der Waals surface area contributed by atoms with E-state index >= 15 is 0 Å². The molecule has 4 heterocycles. The fourth-order valence-corrected chi connectivity index (χ4v) is 10.9. The molecule has 1 aliphatic rings. The first-order chi connectivity index (χ1) is 20.1. The van der Waals surface area contributed by atoms with Crippen molar-refractivity contribution in [2.75, 3.05) is 0 Å². The van der Waals surface area contributed by atoms with Crippen molar-refractivity contribution in [3.05, 3.63) is 115 Å². The molecule has 9 rings (SSSR count). The van der Waals surface area contributed by atoms with Gasteiger partial charge in [0.05, 0.1) is 16.7 Å². The van der Waals surface area contributed by atoms with Crippen LogP contribution in [0.2, 0.25) is 13.1 Å². The van der Waals surface area contributed by atoms with Crippen LogP contribution in [0.3, 0.4) is 0 Å². The van der Waals surface area contributed by atoms with E-state index in [4.69, 9.17) is 9.97 Å². The first-order valence-corrected chi connectivity index (χ1v) is 17.8. The van der Waals surface area contributed by atoms with Gasteiger partial charge in [-0.05, 0) is 35.0 Å². The highest BCUT2D eigenvalue weighted by molar-refractivity contribution is 7.25. The molecule has 0 N–H and O–H groups in total. The summed E-state index contributed by atoms with van der Waals surface area (Å²) in [5, 5.41) is 7.71. The van der Waals surface area contributed by atoms with Gasteiger partial charge in [-0.2, -0.15) is 0 Å². The summed E-state index contributed by atoms with van der Waals surface area (Å²) in [6, 6.07) is 41.6. The highest BCUT2D eigenvalue weighted by atomic mass is 32.1. The number of nitrogens with zero attached hydrogens (tertiary/aromatic N) is 3. The Morgan fingerprint density at radius 2 is 1.34 bits per heavy atom. The molecule has 0 bridgehead atoms. The van der Waals surface area contributed by atoms with Crippen molar-refractivity contribution in [3.63, 3.8) is 0 Å². The van der Waals surface area contributed by atoms with Gasteiger partial charge < -0.3 is 0 Å². The second-order valence-electron chi connectivity index (χ2n) is 11.4. The van der Waals surface area contributed by atoms with Crippen LogP contribution in [0.1, 0.15) is 0 Å². The van der Waals surface area contributed by atoms with Crippen LogP contribution in [-0.4, -0.2) is 22.6 Å². The summed E-state index contributed by atoms with van der Waals surface area (Å²) in [5.41, 5.74) is 6.93. The number of hydrogen-bond donors (Lipinski definition) is 0. The van der Waals surface area contributed by atoms with E-state index in [1.165, 1.54) is 52.6 Å². The lowest BCUT2D eigenvalue weighted by Gasteiger charge is -2.19. The van der Waals surface area contributed by atoms with Gasteiger partial charge in [-0.25, -0.2) is 9.97 Å². The zero-order valence-electron chi connectivity index (χ0n) is 22.7. The summed E-state index contributed by atoms with van der Waals surface area (Å²) in [6.45, 7) is 4.85. The monoisotopic (exact) mass is 559 g/mol. The number of aromatic nitrogens is 3. The molecule has 3 aromatic heterocycles. The molecule has 0 saturated heterocycles. The maximum absolute atomic E-state index is 5.50. The Balaban J connectivity index is 1.43. The summed E-state index contributed by atoms with van der Waals surface area (Å²) in [5.74, 6) is 0.751. The van der Waals surface area contributed by atoms with Gasteiger partial charge in [0.25, 0.3) is 0 Å². The maximum atomic E-state index is 5.50. The molecule has 0 spiro atoms. The van der Waals surface area contributed by atoms with Crippen LogP contribution in [0, 0.1) is 0 Å². The van der Waals surface area contributed by atoms with E-state index in [0.717, 1.165) is 28.2 Å². The summed E-state index contributed by atoms with van der Waals surface area (Å²) in [4.78, 5) is 10.9. The van der Waals surface area contributed by atoms with Gasteiger partial charge in [0.15, 0.2) is 0 Å². The predicted octanol–water partition coefficient (Wildman–Crippen LogP) is 8.41. The third-order valence-electron chi connectivity index (χ3n) is 8.78. The third kappa shape index (κ3) is 3.13. The van der Waals surface area contributed by atoms with Crippen molar-refractivity contribution in [1.29, 1.82) is 0 Å². The summed E-state index contributed by atoms with van der Waals surface area (Å²) >= 11 is 1.86. The van der Waals surface area contributed by atoms with Crippen molar-refractivity contribution in [2.24, 2.45) is 0 Å². The van der Waals surface area contributed by atoms with E-state index in [1.807, 2.05) is 11.3 Å². The molecule has 0 amide bonds. The van der Waals surface area contributed by atoms with E-state index in [-0.39, 0.29) is 0 Å². The first kappa shape index (κ1) is 23.2. The highest BCUT2D eigenvalue weighted by Crippen LogP contribution is 2.41. The Hall–Kier alpha value is -4.58. The maximum Gasteiger partial charge on any atom is 0.235 e. The molecule has 194 valence electrons. The highest BCUT2D eigenvalue weighted by Gasteiger charge is 2.41. The molecule has 3 nitrogen and oxygen atoms in total. The number of hydrogen-bond acceptors (Lipinski definition) is 3. The van der Waals surface area contributed by atoms with E-state index in [1.54, 1.807) is 0 Å². The summed E-state index contributed by atoms with van der Waals surface area (Å²) < 4.78 is 4.93. The number of para-hydroxylation sites is 1. The minimum absolute atomic E-state index is 0.751. The van der Waals surface area contributed by atoms with Gasteiger partial charge in [0.2, 0.25) is 5.95 Å². The molecule has 0 radical (unpaired) electrons. The van der Waals surface area contributed by atoms with E-state index in [2.05, 4.69) is 133 Å².